The average Bonchev–Trinajstić information content (AvgIpc) is 3.44. The highest BCUT2D eigenvalue weighted by Gasteiger charge is 2.36. The highest BCUT2D eigenvalue weighted by atomic mass is 19.1. The number of rotatable bonds is 3. The van der Waals surface area contributed by atoms with Crippen molar-refractivity contribution in [3.05, 3.63) is 71.4 Å². The van der Waals surface area contributed by atoms with E-state index < -0.39 is 0 Å². The Morgan fingerprint density at radius 2 is 1.87 bits per heavy atom. The van der Waals surface area contributed by atoms with Crippen LogP contribution in [0.2, 0.25) is 0 Å². The monoisotopic (exact) mass is 417 g/mol. The maximum absolute atomic E-state index is 13.9. The first-order valence-corrected chi connectivity index (χ1v) is 10.9. The molecule has 0 amide bonds. The molecule has 6 nitrogen and oxygen atoms in total. The van der Waals surface area contributed by atoms with Crippen molar-refractivity contribution in [3.8, 4) is 11.4 Å². The predicted molar refractivity (Wildman–Crippen MR) is 116 cm³/mol. The van der Waals surface area contributed by atoms with Gasteiger partial charge in [-0.05, 0) is 48.9 Å². The molecule has 0 radical (unpaired) electrons. The number of hydrogen-bond acceptors (Lipinski definition) is 4. The Labute approximate surface area is 179 Å². The van der Waals surface area contributed by atoms with E-state index in [1.807, 2.05) is 36.4 Å². The minimum Gasteiger partial charge on any atom is -0.381 e. The number of benzene rings is 2. The number of hydrogen-bond donors (Lipinski definition) is 3. The summed E-state index contributed by atoms with van der Waals surface area (Å²) in [5.74, 6) is 1.76. The molecule has 2 aromatic carbocycles. The molecule has 3 N–H and O–H groups in total. The lowest BCUT2D eigenvalue weighted by Crippen LogP contribution is -2.39. The molecule has 1 unspecified atom stereocenters. The zero-order chi connectivity index (χ0) is 20.8. The number of H-pyrrole nitrogens is 2. The van der Waals surface area contributed by atoms with Crippen molar-refractivity contribution in [2.24, 2.45) is 5.92 Å². The number of nitrogens with one attached hydrogen (secondary N) is 3. The van der Waals surface area contributed by atoms with Crippen molar-refractivity contribution in [2.75, 3.05) is 13.2 Å². The van der Waals surface area contributed by atoms with Gasteiger partial charge in [-0.2, -0.15) is 5.10 Å². The van der Waals surface area contributed by atoms with E-state index >= 15 is 0 Å². The van der Waals surface area contributed by atoms with E-state index in [0.29, 0.717) is 11.7 Å². The van der Waals surface area contributed by atoms with Gasteiger partial charge in [0.1, 0.15) is 11.6 Å². The minimum absolute atomic E-state index is 0.00867. The maximum atomic E-state index is 13.9. The fraction of sp³-hybridized carbons (Fsp3) is 0.333. The van der Waals surface area contributed by atoms with Crippen molar-refractivity contribution >= 4 is 10.9 Å². The van der Waals surface area contributed by atoms with Crippen LogP contribution >= 0.6 is 0 Å². The van der Waals surface area contributed by atoms with Crippen LogP contribution in [0.15, 0.2) is 48.5 Å². The molecule has 2 aliphatic rings. The Morgan fingerprint density at radius 3 is 2.71 bits per heavy atom. The Bertz CT molecular complexity index is 1210. The van der Waals surface area contributed by atoms with Crippen LogP contribution in [0.3, 0.4) is 0 Å². The van der Waals surface area contributed by atoms with Crippen LogP contribution < -0.4 is 5.32 Å². The van der Waals surface area contributed by atoms with Crippen molar-refractivity contribution in [3.63, 3.8) is 0 Å². The SMILES string of the molecule is Fc1ccc2c3c([nH]c2c1)C(C1CCOCC1)N[C@H](c1nc(-c2ccccc2)n[nH]1)C3. The van der Waals surface area contributed by atoms with Gasteiger partial charge in [-0.3, -0.25) is 10.4 Å². The van der Waals surface area contributed by atoms with Gasteiger partial charge in [0.15, 0.2) is 5.82 Å². The molecule has 7 heteroatoms. The van der Waals surface area contributed by atoms with E-state index in [0.717, 1.165) is 54.8 Å². The van der Waals surface area contributed by atoms with E-state index in [1.165, 1.54) is 11.3 Å². The summed E-state index contributed by atoms with van der Waals surface area (Å²) in [6.45, 7) is 1.55. The van der Waals surface area contributed by atoms with Gasteiger partial charge in [0.2, 0.25) is 0 Å². The van der Waals surface area contributed by atoms with Crippen LogP contribution in [0, 0.1) is 11.7 Å². The second-order valence-electron chi connectivity index (χ2n) is 8.47. The zero-order valence-corrected chi connectivity index (χ0v) is 17.1. The Morgan fingerprint density at radius 1 is 1.03 bits per heavy atom. The van der Waals surface area contributed by atoms with Gasteiger partial charge in [0.05, 0.1) is 12.1 Å². The lowest BCUT2D eigenvalue weighted by atomic mass is 9.83. The van der Waals surface area contributed by atoms with Crippen LogP contribution in [-0.4, -0.2) is 33.4 Å². The number of aromatic nitrogens is 4. The second kappa shape index (κ2) is 7.59. The van der Waals surface area contributed by atoms with Gasteiger partial charge in [0.25, 0.3) is 0 Å². The summed E-state index contributed by atoms with van der Waals surface area (Å²) in [5.41, 5.74) is 4.26. The summed E-state index contributed by atoms with van der Waals surface area (Å²) < 4.78 is 19.5. The van der Waals surface area contributed by atoms with Crippen LogP contribution in [-0.2, 0) is 11.2 Å². The van der Waals surface area contributed by atoms with Gasteiger partial charge in [-0.1, -0.05) is 30.3 Å². The van der Waals surface area contributed by atoms with Crippen molar-refractivity contribution in [2.45, 2.75) is 31.3 Å². The molecule has 2 aliphatic heterocycles. The standard InChI is InChI=1S/C24H24FN5O/c25-16-6-7-17-18-13-20(24-28-23(29-30-24)15-4-2-1-3-5-15)27-21(14-8-10-31-11-9-14)22(18)26-19(17)12-16/h1-7,12,14,20-21,26-27H,8-11,13H2,(H,28,29,30)/t20-,21?/m0/s1. The Kier molecular flexibility index (Phi) is 4.58. The number of ether oxygens (including phenoxy) is 1. The first-order valence-electron chi connectivity index (χ1n) is 10.9. The molecule has 4 aromatic rings. The van der Waals surface area contributed by atoms with Crippen molar-refractivity contribution in [1.82, 2.24) is 25.5 Å². The third-order valence-corrected chi connectivity index (χ3v) is 6.60. The summed E-state index contributed by atoms with van der Waals surface area (Å²) in [6, 6.07) is 15.2. The van der Waals surface area contributed by atoms with E-state index in [9.17, 15) is 4.39 Å². The van der Waals surface area contributed by atoms with Gasteiger partial charge in [-0.15, -0.1) is 0 Å². The highest BCUT2D eigenvalue weighted by molar-refractivity contribution is 5.85. The molecule has 158 valence electrons. The van der Waals surface area contributed by atoms with E-state index in [4.69, 9.17) is 9.72 Å². The fourth-order valence-electron chi connectivity index (χ4n) is 5.04. The van der Waals surface area contributed by atoms with Gasteiger partial charge in [-0.25, -0.2) is 9.37 Å². The van der Waals surface area contributed by atoms with E-state index in [1.54, 1.807) is 12.1 Å². The first kappa shape index (κ1) is 18.7. The lowest BCUT2D eigenvalue weighted by Gasteiger charge is -2.37. The number of fused-ring (bicyclic) bond motifs is 3. The summed E-state index contributed by atoms with van der Waals surface area (Å²) in [5, 5.41) is 12.5. The summed E-state index contributed by atoms with van der Waals surface area (Å²) >= 11 is 0. The molecular weight excluding hydrogens is 393 g/mol. The van der Waals surface area contributed by atoms with Crippen LogP contribution in [0.5, 0.6) is 0 Å². The van der Waals surface area contributed by atoms with Crippen LogP contribution in [0.4, 0.5) is 4.39 Å². The largest absolute Gasteiger partial charge is 0.381 e. The predicted octanol–water partition coefficient (Wildman–Crippen LogP) is 4.45. The van der Waals surface area contributed by atoms with E-state index in [2.05, 4.69) is 20.5 Å². The minimum atomic E-state index is -0.221. The fourth-order valence-corrected chi connectivity index (χ4v) is 5.04. The number of aromatic amines is 2. The summed E-state index contributed by atoms with van der Waals surface area (Å²) in [4.78, 5) is 8.33. The topological polar surface area (TPSA) is 78.6 Å². The lowest BCUT2D eigenvalue weighted by molar-refractivity contribution is 0.0497. The van der Waals surface area contributed by atoms with Gasteiger partial charge in [0, 0.05) is 35.4 Å². The molecule has 4 heterocycles. The molecule has 31 heavy (non-hydrogen) atoms. The van der Waals surface area contributed by atoms with Crippen LogP contribution in [0.1, 0.15) is 42.0 Å². The summed E-state index contributed by atoms with van der Waals surface area (Å²) in [6.07, 6.45) is 2.77. The second-order valence-corrected chi connectivity index (χ2v) is 8.47. The number of nitrogens with zero attached hydrogens (tertiary/aromatic N) is 2. The molecular formula is C24H24FN5O. The third-order valence-electron chi connectivity index (χ3n) is 6.60. The highest BCUT2D eigenvalue weighted by Crippen LogP contribution is 2.41. The normalized spacial score (nSPS) is 22.0. The molecule has 0 spiro atoms. The quantitative estimate of drug-likeness (QED) is 0.460. The smallest absolute Gasteiger partial charge is 0.181 e. The Balaban J connectivity index is 1.40. The molecule has 0 bridgehead atoms. The van der Waals surface area contributed by atoms with Crippen LogP contribution in [0.25, 0.3) is 22.3 Å². The zero-order valence-electron chi connectivity index (χ0n) is 17.1. The molecule has 2 atom stereocenters. The molecule has 0 aliphatic carbocycles. The molecule has 2 aromatic heterocycles. The molecule has 1 saturated heterocycles. The van der Waals surface area contributed by atoms with Crippen molar-refractivity contribution in [1.29, 1.82) is 0 Å². The van der Waals surface area contributed by atoms with Gasteiger partial charge >= 0.3 is 0 Å². The first-order chi connectivity index (χ1) is 15.3. The third kappa shape index (κ3) is 3.34. The molecule has 1 fully saturated rings. The van der Waals surface area contributed by atoms with Gasteiger partial charge < -0.3 is 9.72 Å². The molecule has 0 saturated carbocycles. The van der Waals surface area contributed by atoms with Crippen molar-refractivity contribution < 1.29 is 9.13 Å². The van der Waals surface area contributed by atoms with E-state index in [-0.39, 0.29) is 17.9 Å². The summed E-state index contributed by atoms with van der Waals surface area (Å²) in [7, 11) is 0. The average molecular weight is 417 g/mol. The maximum Gasteiger partial charge on any atom is 0.181 e. The molecule has 6 rings (SSSR count). The Hall–Kier alpha value is -3.03. The number of halogens is 1.